The number of ether oxygens (including phenoxy) is 3. The average molecular weight is 504 g/mol. The van der Waals surface area contributed by atoms with E-state index in [-0.39, 0.29) is 24.3 Å². The number of piperidine rings is 1. The van der Waals surface area contributed by atoms with Gasteiger partial charge in [-0.15, -0.1) is 0 Å². The fraction of sp³-hybridized carbons (Fsp3) is 0.480. The Labute approximate surface area is 208 Å². The van der Waals surface area contributed by atoms with Crippen LogP contribution in [0.1, 0.15) is 37.5 Å². The highest BCUT2D eigenvalue weighted by Gasteiger charge is 2.25. The van der Waals surface area contributed by atoms with Crippen LogP contribution in [0.25, 0.3) is 11.0 Å². The van der Waals surface area contributed by atoms with Crippen molar-refractivity contribution in [1.29, 1.82) is 0 Å². The van der Waals surface area contributed by atoms with Crippen LogP contribution in [-0.2, 0) is 9.47 Å². The Morgan fingerprint density at radius 2 is 1.89 bits per heavy atom. The van der Waals surface area contributed by atoms with Gasteiger partial charge in [0.05, 0.1) is 24.0 Å². The molecule has 194 valence electrons. The lowest BCUT2D eigenvalue weighted by atomic mass is 10.1. The number of aliphatic hydroxyl groups excluding tert-OH is 1. The fourth-order valence-corrected chi connectivity index (χ4v) is 4.12. The summed E-state index contributed by atoms with van der Waals surface area (Å²) in [5.74, 6) is -0.467. The number of rotatable bonds is 6. The number of methoxy groups -OCH3 is 1. The van der Waals surface area contributed by atoms with Gasteiger partial charge in [0, 0.05) is 52.3 Å². The topological polar surface area (TPSA) is 116 Å². The highest BCUT2D eigenvalue weighted by Crippen LogP contribution is 2.28. The van der Waals surface area contributed by atoms with Crippen LogP contribution < -0.4 is 15.4 Å². The maximum Gasteiger partial charge on any atom is 0.172 e. The molecule has 3 N–H and O–H groups in total. The standard InChI is InChI=1S/C21H23F2N5O3.C4H8O/c1-30-19(11-29)16-9-15-17(10-25-16)27-21(20(24)26-15)28-6-4-13(5-7-28)31-18-3-2-12(22)8-14(18)23;1-2-4-5-3-1/h2-3,8-10,13,19,29H,4-7,11H2,1H3,(H2,24,26);1-4H2. The summed E-state index contributed by atoms with van der Waals surface area (Å²) in [5, 5.41) is 9.38. The Hall–Kier alpha value is -3.15. The Bertz CT molecular complexity index is 1150. The van der Waals surface area contributed by atoms with Crippen molar-refractivity contribution in [3.8, 4) is 5.75 Å². The first-order valence-electron chi connectivity index (χ1n) is 12.0. The summed E-state index contributed by atoms with van der Waals surface area (Å²) in [6, 6.07) is 4.98. The minimum absolute atomic E-state index is 0.0454. The van der Waals surface area contributed by atoms with Crippen molar-refractivity contribution in [1.82, 2.24) is 15.0 Å². The van der Waals surface area contributed by atoms with Crippen molar-refractivity contribution in [2.75, 3.05) is 50.7 Å². The summed E-state index contributed by atoms with van der Waals surface area (Å²) < 4.78 is 42.7. The van der Waals surface area contributed by atoms with Gasteiger partial charge < -0.3 is 30.0 Å². The van der Waals surface area contributed by atoms with E-state index in [4.69, 9.17) is 19.9 Å². The zero-order valence-electron chi connectivity index (χ0n) is 20.2. The van der Waals surface area contributed by atoms with E-state index in [0.29, 0.717) is 48.5 Å². The molecule has 2 aliphatic heterocycles. The first kappa shape index (κ1) is 25.9. The molecule has 0 amide bonds. The summed E-state index contributed by atoms with van der Waals surface area (Å²) in [4.78, 5) is 15.4. The van der Waals surface area contributed by atoms with Crippen LogP contribution in [0.15, 0.2) is 30.5 Å². The Morgan fingerprint density at radius 3 is 2.50 bits per heavy atom. The van der Waals surface area contributed by atoms with Crippen LogP contribution in [0.2, 0.25) is 0 Å². The Morgan fingerprint density at radius 1 is 1.14 bits per heavy atom. The van der Waals surface area contributed by atoms with E-state index in [2.05, 4.69) is 15.0 Å². The summed E-state index contributed by atoms with van der Waals surface area (Å²) in [6.07, 6.45) is 4.64. The second kappa shape index (κ2) is 12.2. The van der Waals surface area contributed by atoms with E-state index in [1.54, 1.807) is 12.3 Å². The van der Waals surface area contributed by atoms with Crippen LogP contribution in [0.4, 0.5) is 20.4 Å². The van der Waals surface area contributed by atoms with E-state index in [0.717, 1.165) is 19.3 Å². The minimum Gasteiger partial charge on any atom is -0.487 e. The number of fused-ring (bicyclic) bond motifs is 1. The number of aromatic nitrogens is 3. The molecule has 0 radical (unpaired) electrons. The van der Waals surface area contributed by atoms with Crippen LogP contribution in [-0.4, -0.2) is 66.2 Å². The third kappa shape index (κ3) is 6.34. The predicted octanol–water partition coefficient (Wildman–Crippen LogP) is 3.41. The predicted molar refractivity (Wildman–Crippen MR) is 131 cm³/mol. The van der Waals surface area contributed by atoms with Gasteiger partial charge in [0.2, 0.25) is 0 Å². The largest absolute Gasteiger partial charge is 0.487 e. The number of benzene rings is 1. The molecule has 2 saturated heterocycles. The van der Waals surface area contributed by atoms with Gasteiger partial charge in [-0.3, -0.25) is 4.98 Å². The molecule has 11 heteroatoms. The molecule has 0 bridgehead atoms. The first-order chi connectivity index (χ1) is 17.5. The van der Waals surface area contributed by atoms with Crippen molar-refractivity contribution in [2.24, 2.45) is 0 Å². The van der Waals surface area contributed by atoms with Crippen LogP contribution in [0.3, 0.4) is 0 Å². The third-order valence-electron chi connectivity index (χ3n) is 6.12. The number of halogens is 2. The van der Waals surface area contributed by atoms with Crippen molar-refractivity contribution in [3.05, 3.63) is 47.8 Å². The van der Waals surface area contributed by atoms with Crippen molar-refractivity contribution in [2.45, 2.75) is 37.9 Å². The number of nitrogen functional groups attached to an aromatic ring is 1. The third-order valence-corrected chi connectivity index (χ3v) is 6.12. The molecule has 0 aliphatic carbocycles. The molecule has 0 spiro atoms. The van der Waals surface area contributed by atoms with Gasteiger partial charge in [-0.2, -0.15) is 0 Å². The van der Waals surface area contributed by atoms with Crippen LogP contribution in [0.5, 0.6) is 5.75 Å². The molecular weight excluding hydrogens is 472 g/mol. The van der Waals surface area contributed by atoms with Crippen molar-refractivity contribution in [3.63, 3.8) is 0 Å². The summed E-state index contributed by atoms with van der Waals surface area (Å²) in [6.45, 7) is 2.99. The van der Waals surface area contributed by atoms with E-state index < -0.39 is 17.7 Å². The summed E-state index contributed by atoms with van der Waals surface area (Å²) >= 11 is 0. The molecule has 9 nitrogen and oxygen atoms in total. The second-order valence-electron chi connectivity index (χ2n) is 8.64. The molecule has 0 saturated carbocycles. The number of hydrogen-bond donors (Lipinski definition) is 2. The highest BCUT2D eigenvalue weighted by molar-refractivity contribution is 5.79. The van der Waals surface area contributed by atoms with Gasteiger partial charge in [-0.05, 0) is 31.0 Å². The second-order valence-corrected chi connectivity index (χ2v) is 8.64. The van der Waals surface area contributed by atoms with Gasteiger partial charge >= 0.3 is 0 Å². The fourth-order valence-electron chi connectivity index (χ4n) is 4.12. The molecule has 1 unspecified atom stereocenters. The van der Waals surface area contributed by atoms with Gasteiger partial charge in [0.15, 0.2) is 23.2 Å². The van der Waals surface area contributed by atoms with E-state index in [9.17, 15) is 13.9 Å². The van der Waals surface area contributed by atoms with Gasteiger partial charge in [-0.1, -0.05) is 0 Å². The molecule has 2 fully saturated rings. The monoisotopic (exact) mass is 503 g/mol. The lowest BCUT2D eigenvalue weighted by Gasteiger charge is -2.33. The number of pyridine rings is 1. The normalized spacial score (nSPS) is 17.1. The number of nitrogens with zero attached hydrogens (tertiary/aromatic N) is 4. The lowest BCUT2D eigenvalue weighted by Crippen LogP contribution is -2.39. The zero-order valence-corrected chi connectivity index (χ0v) is 20.2. The first-order valence-corrected chi connectivity index (χ1v) is 12.0. The molecule has 2 aliphatic rings. The summed E-state index contributed by atoms with van der Waals surface area (Å²) in [7, 11) is 1.49. The van der Waals surface area contributed by atoms with E-state index in [1.807, 2.05) is 4.90 Å². The van der Waals surface area contributed by atoms with Gasteiger partial charge in [0.1, 0.15) is 23.5 Å². The lowest BCUT2D eigenvalue weighted by molar-refractivity contribution is 0.0456. The molecule has 3 aromatic rings. The van der Waals surface area contributed by atoms with Gasteiger partial charge in [-0.25, -0.2) is 18.7 Å². The van der Waals surface area contributed by atoms with Crippen LogP contribution in [0, 0.1) is 11.6 Å². The number of nitrogens with two attached hydrogens (primary N) is 1. The number of aliphatic hydroxyl groups is 1. The Balaban J connectivity index is 0.000000543. The molecule has 5 rings (SSSR count). The van der Waals surface area contributed by atoms with Crippen molar-refractivity contribution >= 4 is 22.7 Å². The molecule has 1 atom stereocenters. The van der Waals surface area contributed by atoms with E-state index in [1.165, 1.54) is 32.1 Å². The Kier molecular flexibility index (Phi) is 8.79. The molecular formula is C25H31F2N5O4. The maximum absolute atomic E-state index is 13.8. The van der Waals surface area contributed by atoms with E-state index >= 15 is 0 Å². The molecule has 36 heavy (non-hydrogen) atoms. The average Bonchev–Trinajstić information content (AvgIpc) is 3.47. The van der Waals surface area contributed by atoms with Crippen molar-refractivity contribution < 1.29 is 28.1 Å². The zero-order chi connectivity index (χ0) is 25.5. The molecule has 1 aromatic carbocycles. The van der Waals surface area contributed by atoms with Gasteiger partial charge in [0.25, 0.3) is 0 Å². The SMILES string of the molecule is C1CCOC1.COC(CO)c1cc2nc(N)c(N3CCC(Oc4ccc(F)cc4F)CC3)nc2cn1. The summed E-state index contributed by atoms with van der Waals surface area (Å²) in [5.41, 5.74) is 7.85. The molecule has 4 heterocycles. The minimum atomic E-state index is -0.712. The van der Waals surface area contributed by atoms with Crippen LogP contribution >= 0.6 is 0 Å². The smallest absolute Gasteiger partial charge is 0.172 e. The number of hydrogen-bond acceptors (Lipinski definition) is 9. The maximum atomic E-state index is 13.8. The highest BCUT2D eigenvalue weighted by atomic mass is 19.1. The number of anilines is 2. The quantitative estimate of drug-likeness (QED) is 0.522. The molecule has 2 aromatic heterocycles.